The summed E-state index contributed by atoms with van der Waals surface area (Å²) in [4.78, 5) is 0. The van der Waals surface area contributed by atoms with Crippen molar-refractivity contribution >= 4 is 27.5 Å². The van der Waals surface area contributed by atoms with Crippen molar-refractivity contribution in [1.82, 2.24) is 0 Å². The van der Waals surface area contributed by atoms with E-state index in [-0.39, 0.29) is 0 Å². The molecular weight excluding hydrogens is 336 g/mol. The summed E-state index contributed by atoms with van der Waals surface area (Å²) in [5, 5.41) is 0.337. The molecule has 0 heterocycles. The number of ether oxygens (including phenoxy) is 1. The van der Waals surface area contributed by atoms with Gasteiger partial charge in [0.2, 0.25) is 0 Å². The number of benzene rings is 1. The molecular formula is C17H24BrClO. The number of methoxy groups -OCH3 is 1. The largest absolute Gasteiger partial charge is 0.496 e. The quantitative estimate of drug-likeness (QED) is 0.601. The van der Waals surface area contributed by atoms with Gasteiger partial charge >= 0.3 is 0 Å². The third-order valence-electron chi connectivity index (χ3n) is 4.41. The van der Waals surface area contributed by atoms with Gasteiger partial charge in [-0.05, 0) is 71.1 Å². The van der Waals surface area contributed by atoms with E-state index in [2.05, 4.69) is 35.0 Å². The minimum atomic E-state index is 0.337. The lowest BCUT2D eigenvalue weighted by Gasteiger charge is -2.33. The Kier molecular flexibility index (Phi) is 6.22. The predicted octanol–water partition coefficient (Wildman–Crippen LogP) is 5.82. The van der Waals surface area contributed by atoms with Gasteiger partial charge in [-0.25, -0.2) is 0 Å². The molecule has 0 bridgehead atoms. The van der Waals surface area contributed by atoms with E-state index >= 15 is 0 Å². The lowest BCUT2D eigenvalue weighted by atomic mass is 9.76. The van der Waals surface area contributed by atoms with E-state index in [4.69, 9.17) is 16.3 Å². The van der Waals surface area contributed by atoms with Crippen LogP contribution in [0.2, 0.25) is 0 Å². The van der Waals surface area contributed by atoms with Crippen LogP contribution in [0.1, 0.15) is 44.6 Å². The van der Waals surface area contributed by atoms with Gasteiger partial charge in [-0.3, -0.25) is 0 Å². The number of alkyl halides is 1. The zero-order chi connectivity index (χ0) is 14.5. The maximum Gasteiger partial charge on any atom is 0.133 e. The maximum absolute atomic E-state index is 6.56. The Labute approximate surface area is 136 Å². The van der Waals surface area contributed by atoms with Gasteiger partial charge in [0.25, 0.3) is 0 Å². The van der Waals surface area contributed by atoms with Crippen molar-refractivity contribution in [3.63, 3.8) is 0 Å². The lowest BCUT2D eigenvalue weighted by Crippen LogP contribution is -2.27. The molecule has 112 valence electrons. The van der Waals surface area contributed by atoms with Crippen LogP contribution in [0.15, 0.2) is 22.7 Å². The molecule has 1 aliphatic carbocycles. The maximum atomic E-state index is 6.56. The Hall–Kier alpha value is -0.210. The van der Waals surface area contributed by atoms with Gasteiger partial charge in [-0.1, -0.05) is 25.8 Å². The fourth-order valence-corrected chi connectivity index (χ4v) is 4.25. The lowest BCUT2D eigenvalue weighted by molar-refractivity contribution is 0.257. The number of hydrogen-bond acceptors (Lipinski definition) is 1. The third-order valence-corrected chi connectivity index (χ3v) is 5.60. The Morgan fingerprint density at radius 1 is 1.35 bits per heavy atom. The summed E-state index contributed by atoms with van der Waals surface area (Å²) in [6, 6.07) is 6.37. The second kappa shape index (κ2) is 7.70. The van der Waals surface area contributed by atoms with Crippen LogP contribution in [0, 0.1) is 11.8 Å². The van der Waals surface area contributed by atoms with Crippen molar-refractivity contribution in [3.8, 4) is 5.75 Å². The average Bonchev–Trinajstić information content (AvgIpc) is 2.43. The molecule has 0 aliphatic heterocycles. The van der Waals surface area contributed by atoms with E-state index in [1.807, 2.05) is 6.07 Å². The molecule has 1 fully saturated rings. The van der Waals surface area contributed by atoms with Gasteiger partial charge in [0, 0.05) is 5.38 Å². The fourth-order valence-electron chi connectivity index (χ4n) is 3.35. The van der Waals surface area contributed by atoms with E-state index in [9.17, 15) is 0 Å². The van der Waals surface area contributed by atoms with E-state index in [1.165, 1.54) is 37.7 Å². The molecule has 1 nitrogen and oxygen atoms in total. The molecule has 20 heavy (non-hydrogen) atoms. The van der Waals surface area contributed by atoms with Crippen LogP contribution in [-0.4, -0.2) is 12.5 Å². The molecule has 0 N–H and O–H groups in total. The van der Waals surface area contributed by atoms with Gasteiger partial charge in [-0.15, -0.1) is 11.6 Å². The number of hydrogen-bond donors (Lipinski definition) is 0. The van der Waals surface area contributed by atoms with Crippen molar-refractivity contribution in [3.05, 3.63) is 28.2 Å². The molecule has 0 amide bonds. The van der Waals surface area contributed by atoms with Crippen LogP contribution in [0.25, 0.3) is 0 Å². The van der Waals surface area contributed by atoms with Crippen LogP contribution < -0.4 is 4.74 Å². The zero-order valence-corrected chi connectivity index (χ0v) is 14.7. The highest BCUT2D eigenvalue weighted by Gasteiger charge is 2.28. The molecule has 1 aromatic rings. The van der Waals surface area contributed by atoms with E-state index in [0.717, 1.165) is 22.6 Å². The molecule has 0 aromatic heterocycles. The van der Waals surface area contributed by atoms with Gasteiger partial charge in [-0.2, -0.15) is 0 Å². The first kappa shape index (κ1) is 16.2. The molecule has 2 rings (SSSR count). The highest BCUT2D eigenvalue weighted by molar-refractivity contribution is 9.10. The summed E-state index contributed by atoms with van der Waals surface area (Å²) in [7, 11) is 1.70. The fraction of sp³-hybridized carbons (Fsp3) is 0.647. The van der Waals surface area contributed by atoms with Crippen LogP contribution >= 0.6 is 27.5 Å². The molecule has 1 aliphatic rings. The highest BCUT2D eigenvalue weighted by Crippen LogP contribution is 2.37. The smallest absolute Gasteiger partial charge is 0.133 e. The summed E-state index contributed by atoms with van der Waals surface area (Å²) in [5.74, 6) is 2.38. The number of halogens is 2. The average molecular weight is 360 g/mol. The minimum Gasteiger partial charge on any atom is -0.496 e. The SMILES string of the molecule is CCCC1CCC(Cl)C(Cc2ccc(OC)c(Br)c2)C1. The first-order chi connectivity index (χ1) is 9.63. The molecule has 1 aromatic carbocycles. The Morgan fingerprint density at radius 2 is 2.15 bits per heavy atom. The van der Waals surface area contributed by atoms with Crippen LogP contribution in [-0.2, 0) is 6.42 Å². The topological polar surface area (TPSA) is 9.23 Å². The Morgan fingerprint density at radius 3 is 2.80 bits per heavy atom. The van der Waals surface area contributed by atoms with E-state index < -0.39 is 0 Å². The second-order valence-electron chi connectivity index (χ2n) is 5.92. The molecule has 0 spiro atoms. The van der Waals surface area contributed by atoms with Crippen molar-refractivity contribution in [2.24, 2.45) is 11.8 Å². The monoisotopic (exact) mass is 358 g/mol. The van der Waals surface area contributed by atoms with Crippen molar-refractivity contribution in [2.75, 3.05) is 7.11 Å². The first-order valence-corrected chi connectivity index (χ1v) is 8.83. The van der Waals surface area contributed by atoms with Gasteiger partial charge in [0.1, 0.15) is 5.75 Å². The summed E-state index contributed by atoms with van der Waals surface area (Å²) in [6.07, 6.45) is 7.49. The number of rotatable bonds is 5. The Balaban J connectivity index is 2.02. The minimum absolute atomic E-state index is 0.337. The Bertz CT molecular complexity index is 435. The zero-order valence-electron chi connectivity index (χ0n) is 12.4. The van der Waals surface area contributed by atoms with Gasteiger partial charge < -0.3 is 4.74 Å². The molecule has 0 radical (unpaired) electrons. The summed E-state index contributed by atoms with van der Waals surface area (Å²) in [5.41, 5.74) is 1.35. The molecule has 3 atom stereocenters. The van der Waals surface area contributed by atoms with Gasteiger partial charge in [0.15, 0.2) is 0 Å². The molecule has 1 saturated carbocycles. The highest BCUT2D eigenvalue weighted by atomic mass is 79.9. The van der Waals surface area contributed by atoms with E-state index in [1.54, 1.807) is 7.11 Å². The molecule has 3 unspecified atom stereocenters. The second-order valence-corrected chi connectivity index (χ2v) is 7.33. The normalized spacial score (nSPS) is 26.5. The predicted molar refractivity (Wildman–Crippen MR) is 89.8 cm³/mol. The van der Waals surface area contributed by atoms with Gasteiger partial charge in [0.05, 0.1) is 11.6 Å². The van der Waals surface area contributed by atoms with Crippen molar-refractivity contribution in [1.29, 1.82) is 0 Å². The summed E-state index contributed by atoms with van der Waals surface area (Å²) >= 11 is 10.1. The summed E-state index contributed by atoms with van der Waals surface area (Å²) in [6.45, 7) is 2.28. The van der Waals surface area contributed by atoms with Crippen molar-refractivity contribution in [2.45, 2.75) is 50.8 Å². The first-order valence-electron chi connectivity index (χ1n) is 7.60. The standard InChI is InChI=1S/C17H24BrClO/c1-3-4-12-5-7-16(19)14(9-12)10-13-6-8-17(20-2)15(18)11-13/h6,8,11-12,14,16H,3-5,7,9-10H2,1-2H3. The van der Waals surface area contributed by atoms with Crippen LogP contribution in [0.4, 0.5) is 0 Å². The van der Waals surface area contributed by atoms with Crippen LogP contribution in [0.5, 0.6) is 5.75 Å². The van der Waals surface area contributed by atoms with Crippen molar-refractivity contribution < 1.29 is 4.74 Å². The molecule has 3 heteroatoms. The summed E-state index contributed by atoms with van der Waals surface area (Å²) < 4.78 is 6.32. The third kappa shape index (κ3) is 4.14. The molecule has 0 saturated heterocycles. The van der Waals surface area contributed by atoms with E-state index in [0.29, 0.717) is 11.3 Å². The van der Waals surface area contributed by atoms with Crippen LogP contribution in [0.3, 0.4) is 0 Å².